The third-order valence-corrected chi connectivity index (χ3v) is 5.26. The molecule has 0 fully saturated rings. The third kappa shape index (κ3) is 1.98. The molecule has 2 rings (SSSR count). The first-order valence-electron chi connectivity index (χ1n) is 4.83. The van der Waals surface area contributed by atoms with Gasteiger partial charge in [-0.3, -0.25) is 0 Å². The average molecular weight is 282 g/mol. The van der Waals surface area contributed by atoms with Crippen molar-refractivity contribution in [1.29, 1.82) is 0 Å². The fourth-order valence-corrected chi connectivity index (χ4v) is 4.01. The summed E-state index contributed by atoms with van der Waals surface area (Å²) < 4.78 is 24.4. The number of nitrogen functional groups attached to an aromatic ring is 1. The van der Waals surface area contributed by atoms with Crippen LogP contribution < -0.4 is 10.8 Å². The normalized spacial score (nSPS) is 11.3. The number of thiophene rings is 1. The zero-order chi connectivity index (χ0) is 13.3. The molecule has 0 aliphatic rings. The fourth-order valence-electron chi connectivity index (χ4n) is 1.44. The van der Waals surface area contributed by atoms with E-state index in [9.17, 15) is 18.3 Å². The zero-order valence-electron chi connectivity index (χ0n) is 8.99. The number of carboxylic acid groups (broad SMARTS) is 1. The highest BCUT2D eigenvalue weighted by molar-refractivity contribution is 7.91. The SMILES string of the molecule is Nc1c(S(=O)(=O)c2ccccc2)csc1C(=O)[O-]. The highest BCUT2D eigenvalue weighted by Gasteiger charge is 2.23. The van der Waals surface area contributed by atoms with Crippen molar-refractivity contribution in [2.45, 2.75) is 9.79 Å². The number of aromatic carboxylic acids is 1. The molecule has 2 aromatic rings. The van der Waals surface area contributed by atoms with Crippen molar-refractivity contribution in [1.82, 2.24) is 0 Å². The zero-order valence-corrected chi connectivity index (χ0v) is 10.6. The van der Waals surface area contributed by atoms with E-state index < -0.39 is 15.8 Å². The Balaban J connectivity index is 2.60. The molecule has 0 aliphatic heterocycles. The molecule has 0 bridgehead atoms. The minimum atomic E-state index is -3.79. The molecule has 0 unspecified atom stereocenters. The Morgan fingerprint density at radius 1 is 1.22 bits per heavy atom. The van der Waals surface area contributed by atoms with Crippen molar-refractivity contribution in [2.24, 2.45) is 0 Å². The second-order valence-corrected chi connectivity index (χ2v) is 6.24. The van der Waals surface area contributed by atoms with Gasteiger partial charge >= 0.3 is 0 Å². The van der Waals surface area contributed by atoms with E-state index in [-0.39, 0.29) is 20.4 Å². The lowest BCUT2D eigenvalue weighted by molar-refractivity contribution is -0.254. The largest absolute Gasteiger partial charge is 0.544 e. The van der Waals surface area contributed by atoms with Crippen LogP contribution in [0.4, 0.5) is 5.69 Å². The lowest BCUT2D eigenvalue weighted by Crippen LogP contribution is -2.22. The first kappa shape index (κ1) is 12.6. The predicted molar refractivity (Wildman–Crippen MR) is 65.0 cm³/mol. The molecule has 1 aromatic carbocycles. The van der Waals surface area contributed by atoms with E-state index in [1.54, 1.807) is 18.2 Å². The van der Waals surface area contributed by atoms with Crippen molar-refractivity contribution < 1.29 is 18.3 Å². The Labute approximate surface area is 107 Å². The van der Waals surface area contributed by atoms with Crippen LogP contribution in [0.5, 0.6) is 0 Å². The van der Waals surface area contributed by atoms with Crippen LogP contribution in [0.3, 0.4) is 0 Å². The Hall–Kier alpha value is -1.86. The number of sulfone groups is 1. The summed E-state index contributed by atoms with van der Waals surface area (Å²) in [5.41, 5.74) is 5.26. The predicted octanol–water partition coefficient (Wildman–Crippen LogP) is 0.527. The molecule has 1 heterocycles. The van der Waals surface area contributed by atoms with Gasteiger partial charge in [-0.05, 0) is 12.1 Å². The van der Waals surface area contributed by atoms with Crippen LogP contribution in [0.25, 0.3) is 0 Å². The van der Waals surface area contributed by atoms with Gasteiger partial charge in [0.15, 0.2) is 0 Å². The molecule has 0 saturated carbocycles. The van der Waals surface area contributed by atoms with Crippen LogP contribution in [0.15, 0.2) is 45.5 Å². The Morgan fingerprint density at radius 2 is 1.83 bits per heavy atom. The molecule has 5 nitrogen and oxygen atoms in total. The van der Waals surface area contributed by atoms with E-state index in [2.05, 4.69) is 0 Å². The molecule has 2 N–H and O–H groups in total. The summed E-state index contributed by atoms with van der Waals surface area (Å²) in [6, 6.07) is 7.68. The number of carboxylic acids is 1. The van der Waals surface area contributed by atoms with Crippen LogP contribution in [0.1, 0.15) is 9.67 Å². The Kier molecular flexibility index (Phi) is 3.10. The summed E-state index contributed by atoms with van der Waals surface area (Å²) in [6.07, 6.45) is 0. The second-order valence-electron chi connectivity index (χ2n) is 3.45. The summed E-state index contributed by atoms with van der Waals surface area (Å²) in [7, 11) is -3.79. The number of carbonyl (C=O) groups is 1. The van der Waals surface area contributed by atoms with Gasteiger partial charge in [0.25, 0.3) is 0 Å². The van der Waals surface area contributed by atoms with Gasteiger partial charge in [0, 0.05) is 5.38 Å². The summed E-state index contributed by atoms with van der Waals surface area (Å²) in [5.74, 6) is -1.48. The summed E-state index contributed by atoms with van der Waals surface area (Å²) >= 11 is 0.740. The maximum atomic E-state index is 12.2. The van der Waals surface area contributed by atoms with Crippen LogP contribution >= 0.6 is 11.3 Å². The van der Waals surface area contributed by atoms with Crippen LogP contribution in [0.2, 0.25) is 0 Å². The first-order chi connectivity index (χ1) is 8.44. The van der Waals surface area contributed by atoms with Gasteiger partial charge in [0.2, 0.25) is 9.84 Å². The fraction of sp³-hybridized carbons (Fsp3) is 0. The van der Waals surface area contributed by atoms with Crippen molar-refractivity contribution in [3.63, 3.8) is 0 Å². The minimum absolute atomic E-state index is 0.0689. The molecule has 0 amide bonds. The number of benzene rings is 1. The molecule has 94 valence electrons. The van der Waals surface area contributed by atoms with Crippen molar-refractivity contribution in [2.75, 3.05) is 5.73 Å². The van der Waals surface area contributed by atoms with Gasteiger partial charge in [-0.25, -0.2) is 8.42 Å². The average Bonchev–Trinajstić information content (AvgIpc) is 2.73. The quantitative estimate of drug-likeness (QED) is 0.884. The lowest BCUT2D eigenvalue weighted by atomic mass is 10.4. The molecule has 0 radical (unpaired) electrons. The molecule has 0 spiro atoms. The summed E-state index contributed by atoms with van der Waals surface area (Å²) in [6.45, 7) is 0. The number of rotatable bonds is 3. The number of hydrogen-bond donors (Lipinski definition) is 1. The molecule has 18 heavy (non-hydrogen) atoms. The van der Waals surface area contributed by atoms with Gasteiger partial charge in [0.05, 0.1) is 21.4 Å². The van der Waals surface area contributed by atoms with Gasteiger partial charge in [0.1, 0.15) is 4.90 Å². The number of nitrogens with two attached hydrogens (primary N) is 1. The molecule has 0 aliphatic carbocycles. The van der Waals surface area contributed by atoms with E-state index in [0.29, 0.717) is 0 Å². The van der Waals surface area contributed by atoms with E-state index in [1.165, 1.54) is 17.5 Å². The van der Waals surface area contributed by atoms with Crippen molar-refractivity contribution >= 4 is 32.8 Å². The summed E-state index contributed by atoms with van der Waals surface area (Å²) in [5, 5.41) is 11.9. The number of anilines is 1. The monoisotopic (exact) mass is 282 g/mol. The van der Waals surface area contributed by atoms with E-state index >= 15 is 0 Å². The maximum Gasteiger partial charge on any atom is 0.209 e. The first-order valence-corrected chi connectivity index (χ1v) is 7.19. The highest BCUT2D eigenvalue weighted by atomic mass is 32.2. The minimum Gasteiger partial charge on any atom is -0.544 e. The van der Waals surface area contributed by atoms with Gasteiger partial charge < -0.3 is 15.6 Å². The van der Waals surface area contributed by atoms with E-state index in [4.69, 9.17) is 5.73 Å². The lowest BCUT2D eigenvalue weighted by Gasteiger charge is -2.04. The topological polar surface area (TPSA) is 100 Å². The van der Waals surface area contributed by atoms with Gasteiger partial charge in [-0.15, -0.1) is 11.3 Å². The molecule has 7 heteroatoms. The van der Waals surface area contributed by atoms with E-state index in [0.717, 1.165) is 11.3 Å². The number of carbonyl (C=O) groups excluding carboxylic acids is 1. The Morgan fingerprint density at radius 3 is 2.33 bits per heavy atom. The number of hydrogen-bond acceptors (Lipinski definition) is 6. The van der Waals surface area contributed by atoms with Crippen LogP contribution in [-0.2, 0) is 9.84 Å². The summed E-state index contributed by atoms with van der Waals surface area (Å²) in [4.78, 5) is 10.3. The smallest absolute Gasteiger partial charge is 0.209 e. The van der Waals surface area contributed by atoms with Gasteiger partial charge in [-0.2, -0.15) is 0 Å². The van der Waals surface area contributed by atoms with Crippen LogP contribution in [0, 0.1) is 0 Å². The Bertz CT molecular complexity index is 689. The van der Waals surface area contributed by atoms with Crippen molar-refractivity contribution in [3.05, 3.63) is 40.6 Å². The van der Waals surface area contributed by atoms with Crippen LogP contribution in [-0.4, -0.2) is 14.4 Å². The van der Waals surface area contributed by atoms with E-state index in [1.807, 2.05) is 0 Å². The third-order valence-electron chi connectivity index (χ3n) is 2.32. The second kappa shape index (κ2) is 4.43. The van der Waals surface area contributed by atoms with Gasteiger partial charge in [-0.1, -0.05) is 18.2 Å². The maximum absolute atomic E-state index is 12.2. The van der Waals surface area contributed by atoms with Crippen molar-refractivity contribution in [3.8, 4) is 0 Å². The molecule has 1 aromatic heterocycles. The molecule has 0 atom stereocenters. The highest BCUT2D eigenvalue weighted by Crippen LogP contribution is 2.32. The molecule has 0 saturated heterocycles. The molecular weight excluding hydrogens is 274 g/mol. The standard InChI is InChI=1S/C11H9NO4S2/c12-9-8(6-17-10(9)11(13)14)18(15,16)7-4-2-1-3-5-7/h1-6H,12H2,(H,13,14)/p-1. The molecular formula is C11H8NO4S2-.